The molecular formula is C10H10N2O3S. The van der Waals surface area contributed by atoms with E-state index in [0.29, 0.717) is 10.3 Å². The Balaban J connectivity index is 2.88. The van der Waals surface area contributed by atoms with Crippen molar-refractivity contribution < 1.29 is 9.90 Å². The standard InChI is InChI=1S/C10H10N2O3S/c1-12-3-7(9(11)15)8(14)6-2-5(4-13)16-10(6)12/h2-3,13H,4H2,1H3,(H2,11,15). The van der Waals surface area contributed by atoms with E-state index in [1.54, 1.807) is 17.7 Å². The quantitative estimate of drug-likeness (QED) is 0.783. The van der Waals surface area contributed by atoms with Crippen molar-refractivity contribution >= 4 is 27.5 Å². The molecule has 0 saturated heterocycles. The molecule has 0 radical (unpaired) electrons. The van der Waals surface area contributed by atoms with E-state index in [4.69, 9.17) is 10.8 Å². The van der Waals surface area contributed by atoms with Crippen LogP contribution in [0.15, 0.2) is 17.1 Å². The van der Waals surface area contributed by atoms with E-state index in [-0.39, 0.29) is 17.6 Å². The van der Waals surface area contributed by atoms with E-state index in [2.05, 4.69) is 0 Å². The second kappa shape index (κ2) is 3.73. The van der Waals surface area contributed by atoms with Crippen LogP contribution in [0.25, 0.3) is 10.2 Å². The third-order valence-corrected chi connectivity index (χ3v) is 3.53. The monoisotopic (exact) mass is 238 g/mol. The van der Waals surface area contributed by atoms with Crippen molar-refractivity contribution in [3.05, 3.63) is 32.9 Å². The minimum absolute atomic E-state index is 0.0303. The Kier molecular flexibility index (Phi) is 2.53. The summed E-state index contributed by atoms with van der Waals surface area (Å²) >= 11 is 1.32. The van der Waals surface area contributed by atoms with E-state index in [0.717, 1.165) is 4.83 Å². The number of fused-ring (bicyclic) bond motifs is 1. The highest BCUT2D eigenvalue weighted by molar-refractivity contribution is 7.18. The Bertz CT molecular complexity index is 627. The van der Waals surface area contributed by atoms with E-state index < -0.39 is 5.91 Å². The molecule has 0 aliphatic carbocycles. The zero-order valence-electron chi connectivity index (χ0n) is 8.56. The Morgan fingerprint density at radius 3 is 2.88 bits per heavy atom. The molecule has 3 N–H and O–H groups in total. The molecule has 6 heteroatoms. The van der Waals surface area contributed by atoms with Crippen molar-refractivity contribution in [2.24, 2.45) is 12.8 Å². The predicted molar refractivity (Wildman–Crippen MR) is 61.5 cm³/mol. The Morgan fingerprint density at radius 2 is 2.31 bits per heavy atom. The summed E-state index contributed by atoms with van der Waals surface area (Å²) in [7, 11) is 1.73. The highest BCUT2D eigenvalue weighted by atomic mass is 32.1. The lowest BCUT2D eigenvalue weighted by Crippen LogP contribution is -2.22. The molecule has 0 aliphatic rings. The Hall–Kier alpha value is -1.66. The number of aromatic nitrogens is 1. The van der Waals surface area contributed by atoms with Crippen molar-refractivity contribution in [3.63, 3.8) is 0 Å². The fraction of sp³-hybridized carbons (Fsp3) is 0.200. The third-order valence-electron chi connectivity index (χ3n) is 2.32. The summed E-state index contributed by atoms with van der Waals surface area (Å²) in [6, 6.07) is 1.59. The van der Waals surface area contributed by atoms with Gasteiger partial charge < -0.3 is 15.4 Å². The number of nitrogens with two attached hydrogens (primary N) is 1. The van der Waals surface area contributed by atoms with Gasteiger partial charge in [0, 0.05) is 18.1 Å². The van der Waals surface area contributed by atoms with E-state index >= 15 is 0 Å². The minimum Gasteiger partial charge on any atom is -0.391 e. The first-order valence-electron chi connectivity index (χ1n) is 4.57. The second-order valence-corrected chi connectivity index (χ2v) is 4.55. The highest BCUT2D eigenvalue weighted by Gasteiger charge is 2.14. The van der Waals surface area contributed by atoms with Gasteiger partial charge in [-0.1, -0.05) is 0 Å². The number of carbonyl (C=O) groups excluding carboxylic acids is 1. The van der Waals surface area contributed by atoms with Crippen molar-refractivity contribution in [3.8, 4) is 0 Å². The van der Waals surface area contributed by atoms with Gasteiger partial charge in [-0.15, -0.1) is 11.3 Å². The molecule has 16 heavy (non-hydrogen) atoms. The van der Waals surface area contributed by atoms with Gasteiger partial charge in [-0.2, -0.15) is 0 Å². The highest BCUT2D eigenvalue weighted by Crippen LogP contribution is 2.23. The molecule has 0 aromatic carbocycles. The van der Waals surface area contributed by atoms with Crippen LogP contribution in [0.3, 0.4) is 0 Å². The maximum atomic E-state index is 11.9. The van der Waals surface area contributed by atoms with Crippen LogP contribution in [0.1, 0.15) is 15.2 Å². The summed E-state index contributed by atoms with van der Waals surface area (Å²) in [5.41, 5.74) is 4.71. The normalized spacial score (nSPS) is 10.9. The second-order valence-electron chi connectivity index (χ2n) is 3.44. The molecule has 0 atom stereocenters. The van der Waals surface area contributed by atoms with Gasteiger partial charge in [0.05, 0.1) is 12.0 Å². The molecule has 2 aromatic heterocycles. The fourth-order valence-corrected chi connectivity index (χ4v) is 2.51. The van der Waals surface area contributed by atoms with Crippen LogP contribution in [0, 0.1) is 0 Å². The van der Waals surface area contributed by atoms with Crippen LogP contribution < -0.4 is 11.2 Å². The summed E-state index contributed by atoms with van der Waals surface area (Å²) in [5, 5.41) is 9.43. The number of nitrogens with zero attached hydrogens (tertiary/aromatic N) is 1. The van der Waals surface area contributed by atoms with Gasteiger partial charge in [0.15, 0.2) is 0 Å². The van der Waals surface area contributed by atoms with Crippen LogP contribution in [0.5, 0.6) is 0 Å². The molecule has 0 bridgehead atoms. The summed E-state index contributed by atoms with van der Waals surface area (Å²) in [4.78, 5) is 24.3. The number of rotatable bonds is 2. The topological polar surface area (TPSA) is 85.3 Å². The van der Waals surface area contributed by atoms with E-state index in [9.17, 15) is 9.59 Å². The van der Waals surface area contributed by atoms with Gasteiger partial charge >= 0.3 is 0 Å². The molecule has 0 fully saturated rings. The molecule has 1 amide bonds. The van der Waals surface area contributed by atoms with Crippen molar-refractivity contribution in [1.29, 1.82) is 0 Å². The zero-order chi connectivity index (χ0) is 11.9. The summed E-state index contributed by atoms with van der Waals surface area (Å²) in [6.45, 7) is -0.120. The van der Waals surface area contributed by atoms with Crippen molar-refractivity contribution in [2.75, 3.05) is 0 Å². The Labute approximate surface area is 94.7 Å². The van der Waals surface area contributed by atoms with E-state index in [1.807, 2.05) is 0 Å². The van der Waals surface area contributed by atoms with E-state index in [1.165, 1.54) is 17.5 Å². The fourth-order valence-electron chi connectivity index (χ4n) is 1.57. The van der Waals surface area contributed by atoms with Gasteiger partial charge in [-0.3, -0.25) is 9.59 Å². The lowest BCUT2D eigenvalue weighted by Gasteiger charge is -2.02. The molecule has 0 aliphatic heterocycles. The number of aliphatic hydroxyl groups is 1. The van der Waals surface area contributed by atoms with Gasteiger partial charge in [0.1, 0.15) is 10.4 Å². The number of hydrogen-bond acceptors (Lipinski definition) is 4. The van der Waals surface area contributed by atoms with Crippen LogP contribution >= 0.6 is 11.3 Å². The third kappa shape index (κ3) is 1.52. The molecule has 2 rings (SSSR count). The van der Waals surface area contributed by atoms with Gasteiger partial charge in [-0.05, 0) is 6.07 Å². The van der Waals surface area contributed by atoms with Gasteiger partial charge in [0.2, 0.25) is 5.43 Å². The SMILES string of the molecule is Cn1cc(C(N)=O)c(=O)c2cc(CO)sc21. The first-order valence-corrected chi connectivity index (χ1v) is 5.39. The predicted octanol–water partition coefficient (Wildman–Crippen LogP) is 0.191. The maximum absolute atomic E-state index is 11.9. The number of thiophene rings is 1. The van der Waals surface area contributed by atoms with Crippen molar-refractivity contribution in [1.82, 2.24) is 4.57 Å². The summed E-state index contributed by atoms with van der Waals surface area (Å²) in [6.07, 6.45) is 1.42. The van der Waals surface area contributed by atoms with Crippen LogP contribution in [-0.2, 0) is 13.7 Å². The first kappa shape index (κ1) is 10.8. The number of pyridine rings is 1. The number of amides is 1. The van der Waals surface area contributed by atoms with Gasteiger partial charge in [-0.25, -0.2) is 0 Å². The van der Waals surface area contributed by atoms with Crippen LogP contribution in [0.4, 0.5) is 0 Å². The lowest BCUT2D eigenvalue weighted by molar-refractivity contribution is 0.0999. The van der Waals surface area contributed by atoms with Gasteiger partial charge in [0.25, 0.3) is 5.91 Å². The molecule has 84 valence electrons. The lowest BCUT2D eigenvalue weighted by atomic mass is 10.2. The van der Waals surface area contributed by atoms with Crippen LogP contribution in [-0.4, -0.2) is 15.6 Å². The number of aryl methyl sites for hydroxylation is 1. The molecule has 0 saturated carbocycles. The average molecular weight is 238 g/mol. The average Bonchev–Trinajstić information content (AvgIpc) is 2.67. The largest absolute Gasteiger partial charge is 0.391 e. The first-order chi connectivity index (χ1) is 7.54. The summed E-state index contributed by atoms with van der Waals surface area (Å²) in [5.74, 6) is -0.737. The number of primary amides is 1. The Morgan fingerprint density at radius 1 is 1.62 bits per heavy atom. The van der Waals surface area contributed by atoms with Crippen LogP contribution in [0.2, 0.25) is 0 Å². The molecule has 2 aromatic rings. The molecule has 2 heterocycles. The number of carbonyl (C=O) groups is 1. The molecular weight excluding hydrogens is 228 g/mol. The molecule has 0 unspecified atom stereocenters. The number of aliphatic hydroxyl groups excluding tert-OH is 1. The zero-order valence-corrected chi connectivity index (χ0v) is 9.37. The molecule has 5 nitrogen and oxygen atoms in total. The number of hydrogen-bond donors (Lipinski definition) is 2. The summed E-state index contributed by atoms with van der Waals surface area (Å²) < 4.78 is 1.67. The smallest absolute Gasteiger partial charge is 0.254 e. The van der Waals surface area contributed by atoms with Crippen molar-refractivity contribution in [2.45, 2.75) is 6.61 Å². The minimum atomic E-state index is -0.737. The molecule has 0 spiro atoms. The maximum Gasteiger partial charge on any atom is 0.254 e.